The Hall–Kier alpha value is -1.47. The van der Waals surface area contributed by atoms with E-state index in [2.05, 4.69) is 15.9 Å². The van der Waals surface area contributed by atoms with Gasteiger partial charge in [-0.25, -0.2) is 4.79 Å². The molecule has 2 rings (SSSR count). The minimum atomic E-state index is -1.84. The fourth-order valence-corrected chi connectivity index (χ4v) is 2.71. The van der Waals surface area contributed by atoms with Crippen molar-refractivity contribution in [2.24, 2.45) is 0 Å². The smallest absolute Gasteiger partial charge is 0.331 e. The molecule has 2 heterocycles. The van der Waals surface area contributed by atoms with Gasteiger partial charge in [0, 0.05) is 12.3 Å². The van der Waals surface area contributed by atoms with Crippen LogP contribution < -0.4 is 11.2 Å². The van der Waals surface area contributed by atoms with Crippen LogP contribution in [0.3, 0.4) is 0 Å². The Kier molecular flexibility index (Phi) is 3.60. The molecule has 1 aliphatic rings. The van der Waals surface area contributed by atoms with Crippen LogP contribution in [0, 0.1) is 11.3 Å². The summed E-state index contributed by atoms with van der Waals surface area (Å²) in [7, 11) is 0. The third-order valence-corrected chi connectivity index (χ3v) is 4.07. The van der Waals surface area contributed by atoms with Crippen molar-refractivity contribution in [3.63, 3.8) is 0 Å². The third kappa shape index (κ3) is 2.02. The molecule has 0 aromatic carbocycles. The lowest BCUT2D eigenvalue weighted by molar-refractivity contribution is -0.0837. The number of ether oxygens (including phenoxy) is 1. The van der Waals surface area contributed by atoms with Crippen molar-refractivity contribution in [1.82, 2.24) is 9.55 Å². The van der Waals surface area contributed by atoms with Crippen LogP contribution in [0.15, 0.2) is 21.9 Å². The van der Waals surface area contributed by atoms with Gasteiger partial charge in [0.2, 0.25) is 0 Å². The van der Waals surface area contributed by atoms with Crippen molar-refractivity contribution in [3.05, 3.63) is 33.1 Å². The first-order valence-electron chi connectivity index (χ1n) is 5.31. The number of nitrogens with zero attached hydrogens (tertiary/aromatic N) is 2. The van der Waals surface area contributed by atoms with Crippen LogP contribution in [0.4, 0.5) is 0 Å². The maximum absolute atomic E-state index is 11.7. The van der Waals surface area contributed by atoms with Gasteiger partial charge in [0.05, 0.1) is 6.61 Å². The Bertz CT molecular complexity index is 635. The van der Waals surface area contributed by atoms with Crippen LogP contribution in [0.2, 0.25) is 0 Å². The fourth-order valence-electron chi connectivity index (χ4n) is 1.94. The molecule has 1 aromatic rings. The van der Waals surface area contributed by atoms with Gasteiger partial charge in [-0.2, -0.15) is 5.26 Å². The number of aliphatic hydroxyl groups excluding tert-OH is 2. The summed E-state index contributed by atoms with van der Waals surface area (Å²) in [6.45, 7) is -0.509. The highest BCUT2D eigenvalue weighted by molar-refractivity contribution is 9.09. The number of aliphatic hydroxyl groups is 2. The third-order valence-electron chi connectivity index (χ3n) is 2.91. The number of nitriles is 1. The highest BCUT2D eigenvalue weighted by atomic mass is 79.9. The molecule has 0 amide bonds. The van der Waals surface area contributed by atoms with Gasteiger partial charge < -0.3 is 14.9 Å². The monoisotopic (exact) mass is 331 g/mol. The quantitative estimate of drug-likeness (QED) is 0.550. The number of aromatic amines is 1. The van der Waals surface area contributed by atoms with Crippen LogP contribution >= 0.6 is 15.9 Å². The van der Waals surface area contributed by atoms with Crippen molar-refractivity contribution in [1.29, 1.82) is 5.26 Å². The van der Waals surface area contributed by atoms with Crippen molar-refractivity contribution >= 4 is 15.9 Å². The number of alkyl halides is 1. The molecular weight excluding hydrogens is 322 g/mol. The second-order valence-electron chi connectivity index (χ2n) is 4.02. The summed E-state index contributed by atoms with van der Waals surface area (Å²) in [5, 5.41) is 28.3. The van der Waals surface area contributed by atoms with Crippen molar-refractivity contribution in [2.75, 3.05) is 6.61 Å². The molecule has 0 saturated carbocycles. The van der Waals surface area contributed by atoms with Gasteiger partial charge >= 0.3 is 5.69 Å². The van der Waals surface area contributed by atoms with E-state index < -0.39 is 40.6 Å². The maximum atomic E-state index is 11.7. The molecule has 1 fully saturated rings. The summed E-state index contributed by atoms with van der Waals surface area (Å²) in [6, 6.07) is 2.86. The molecule has 19 heavy (non-hydrogen) atoms. The van der Waals surface area contributed by atoms with Gasteiger partial charge in [-0.05, 0) is 0 Å². The first-order valence-corrected chi connectivity index (χ1v) is 6.22. The Labute approximate surface area is 115 Å². The maximum Gasteiger partial charge on any atom is 0.331 e. The fraction of sp³-hybridized carbons (Fsp3) is 0.500. The summed E-state index contributed by atoms with van der Waals surface area (Å²) in [5.41, 5.74) is -3.30. The summed E-state index contributed by atoms with van der Waals surface area (Å²) >= 11 is 3.10. The summed E-state index contributed by atoms with van der Waals surface area (Å²) in [6.07, 6.45) is -1.09. The van der Waals surface area contributed by atoms with E-state index in [1.807, 2.05) is 4.98 Å². The van der Waals surface area contributed by atoms with E-state index in [0.717, 1.165) is 16.8 Å². The number of nitrogens with one attached hydrogen (secondary N) is 1. The standard InChI is InChI=1S/C10H10BrN3O5/c11-8-7(17)5(3-15)19-10(8,4-12)14-2-1-6(16)13-9(14)18/h1-2,5,7-8,15,17H,3H2,(H,13,16,18)/t5-,7?,8?,10-/m0/s1. The van der Waals surface area contributed by atoms with E-state index in [0.29, 0.717) is 0 Å². The lowest BCUT2D eigenvalue weighted by atomic mass is 10.1. The zero-order valence-electron chi connectivity index (χ0n) is 9.49. The molecule has 102 valence electrons. The number of rotatable bonds is 2. The Balaban J connectivity index is 2.59. The molecule has 1 aliphatic heterocycles. The largest absolute Gasteiger partial charge is 0.394 e. The van der Waals surface area contributed by atoms with Crippen LogP contribution in [0.5, 0.6) is 0 Å². The van der Waals surface area contributed by atoms with Gasteiger partial charge in [0.25, 0.3) is 11.3 Å². The highest BCUT2D eigenvalue weighted by Crippen LogP contribution is 2.38. The van der Waals surface area contributed by atoms with Crippen LogP contribution in [0.1, 0.15) is 0 Å². The molecule has 1 saturated heterocycles. The Morgan fingerprint density at radius 3 is 2.79 bits per heavy atom. The molecular formula is C10H10BrN3O5. The van der Waals surface area contributed by atoms with Crippen molar-refractivity contribution < 1.29 is 14.9 Å². The first kappa shape index (κ1) is 14.0. The zero-order valence-corrected chi connectivity index (χ0v) is 11.1. The molecule has 8 nitrogen and oxygen atoms in total. The predicted octanol–water partition coefficient (Wildman–Crippen LogP) is -1.77. The average molecular weight is 332 g/mol. The molecule has 0 radical (unpaired) electrons. The van der Waals surface area contributed by atoms with Gasteiger partial charge in [-0.1, -0.05) is 15.9 Å². The van der Waals surface area contributed by atoms with Crippen LogP contribution in [-0.4, -0.2) is 43.4 Å². The predicted molar refractivity (Wildman–Crippen MR) is 65.6 cm³/mol. The molecule has 3 N–H and O–H groups in total. The van der Waals surface area contributed by atoms with Gasteiger partial charge in [-0.3, -0.25) is 14.3 Å². The molecule has 0 bridgehead atoms. The first-order chi connectivity index (χ1) is 8.96. The molecule has 4 atom stereocenters. The minimum absolute atomic E-state index is 0.509. The molecule has 0 aliphatic carbocycles. The highest BCUT2D eigenvalue weighted by Gasteiger charge is 2.56. The van der Waals surface area contributed by atoms with Gasteiger partial charge in [0.1, 0.15) is 23.1 Å². The van der Waals surface area contributed by atoms with E-state index in [1.165, 1.54) is 0 Å². The van der Waals surface area contributed by atoms with Crippen LogP contribution in [0.25, 0.3) is 0 Å². The Morgan fingerprint density at radius 1 is 1.63 bits per heavy atom. The minimum Gasteiger partial charge on any atom is -0.394 e. The lowest BCUT2D eigenvalue weighted by Crippen LogP contribution is -2.48. The Morgan fingerprint density at radius 2 is 2.32 bits per heavy atom. The second kappa shape index (κ2) is 4.90. The lowest BCUT2D eigenvalue weighted by Gasteiger charge is -2.26. The summed E-state index contributed by atoms with van der Waals surface area (Å²) in [5.74, 6) is 0. The SMILES string of the molecule is N#C[C@]1(n2ccc(=O)[nH]c2=O)O[C@@H](CO)C(O)C1Br. The number of hydrogen-bond acceptors (Lipinski definition) is 6. The normalized spacial score (nSPS) is 34.1. The second-order valence-corrected chi connectivity index (χ2v) is 5.01. The van der Waals surface area contributed by atoms with E-state index in [4.69, 9.17) is 9.84 Å². The van der Waals surface area contributed by atoms with Crippen molar-refractivity contribution in [2.45, 2.75) is 22.8 Å². The average Bonchev–Trinajstić information content (AvgIpc) is 2.64. The molecule has 0 spiro atoms. The van der Waals surface area contributed by atoms with E-state index in [9.17, 15) is 20.0 Å². The van der Waals surface area contributed by atoms with Gasteiger partial charge in [0.15, 0.2) is 0 Å². The number of H-pyrrole nitrogens is 1. The van der Waals surface area contributed by atoms with E-state index >= 15 is 0 Å². The number of halogens is 1. The van der Waals surface area contributed by atoms with E-state index in [1.54, 1.807) is 6.07 Å². The summed E-state index contributed by atoms with van der Waals surface area (Å²) in [4.78, 5) is 23.8. The van der Waals surface area contributed by atoms with E-state index in [-0.39, 0.29) is 0 Å². The van der Waals surface area contributed by atoms with Crippen LogP contribution in [-0.2, 0) is 10.5 Å². The van der Waals surface area contributed by atoms with Gasteiger partial charge in [-0.15, -0.1) is 0 Å². The molecule has 2 unspecified atom stereocenters. The number of hydrogen-bond donors (Lipinski definition) is 3. The van der Waals surface area contributed by atoms with Crippen molar-refractivity contribution in [3.8, 4) is 6.07 Å². The number of aromatic nitrogens is 2. The topological polar surface area (TPSA) is 128 Å². The zero-order chi connectivity index (χ0) is 14.2. The summed E-state index contributed by atoms with van der Waals surface area (Å²) < 4.78 is 6.18. The molecule has 9 heteroatoms. The molecule has 1 aromatic heterocycles.